The topological polar surface area (TPSA) is 83.1 Å². The van der Waals surface area contributed by atoms with Crippen LogP contribution in [0.15, 0.2) is 36.4 Å². The van der Waals surface area contributed by atoms with E-state index in [1.807, 2.05) is 43.1 Å². The number of anilines is 1. The summed E-state index contributed by atoms with van der Waals surface area (Å²) in [7, 11) is 1.85. The van der Waals surface area contributed by atoms with Crippen molar-refractivity contribution in [2.24, 2.45) is 0 Å². The fraction of sp³-hybridized carbons (Fsp3) is 0.200. The summed E-state index contributed by atoms with van der Waals surface area (Å²) in [6, 6.07) is 12.1. The second kappa shape index (κ2) is 6.01. The van der Waals surface area contributed by atoms with E-state index in [0.29, 0.717) is 6.54 Å². The molecule has 1 heterocycles. The molecule has 106 valence electrons. The average Bonchev–Trinajstić information content (AvgIpc) is 2.46. The van der Waals surface area contributed by atoms with Gasteiger partial charge in [0.2, 0.25) is 0 Å². The monoisotopic (exact) mass is 282 g/mol. The number of pyridine rings is 1. The number of hydrogen-bond donors (Lipinski definition) is 0. The maximum atomic E-state index is 10.8. The molecule has 21 heavy (non-hydrogen) atoms. The van der Waals surface area contributed by atoms with Crippen LogP contribution in [-0.4, -0.2) is 17.0 Å². The standard InChI is InChI=1S/C15H14N4O2/c1-11-4-3-5-13(17-11)10-18(2)14-6-7-15(19(20)21)12(8-14)9-16/h3-8H,10H2,1-2H3. The van der Waals surface area contributed by atoms with Gasteiger partial charge in [-0.25, -0.2) is 0 Å². The Morgan fingerprint density at radius 3 is 2.76 bits per heavy atom. The van der Waals surface area contributed by atoms with Gasteiger partial charge in [-0.3, -0.25) is 15.1 Å². The normalized spacial score (nSPS) is 9.95. The molecule has 0 atom stereocenters. The first-order chi connectivity index (χ1) is 10.0. The van der Waals surface area contributed by atoms with Crippen LogP contribution in [0.4, 0.5) is 11.4 Å². The van der Waals surface area contributed by atoms with E-state index in [4.69, 9.17) is 5.26 Å². The van der Waals surface area contributed by atoms with Gasteiger partial charge in [-0.15, -0.1) is 0 Å². The first kappa shape index (κ1) is 14.5. The molecule has 2 aromatic rings. The highest BCUT2D eigenvalue weighted by Crippen LogP contribution is 2.24. The van der Waals surface area contributed by atoms with E-state index >= 15 is 0 Å². The molecule has 0 amide bonds. The summed E-state index contributed by atoms with van der Waals surface area (Å²) in [5, 5.41) is 19.8. The van der Waals surface area contributed by atoms with E-state index in [-0.39, 0.29) is 11.3 Å². The quantitative estimate of drug-likeness (QED) is 0.636. The largest absolute Gasteiger partial charge is 0.369 e. The molecule has 6 nitrogen and oxygen atoms in total. The number of aryl methyl sites for hydroxylation is 1. The van der Waals surface area contributed by atoms with Gasteiger partial charge in [-0.1, -0.05) is 6.07 Å². The summed E-state index contributed by atoms with van der Waals surface area (Å²) < 4.78 is 0. The zero-order chi connectivity index (χ0) is 15.4. The summed E-state index contributed by atoms with van der Waals surface area (Å²) in [4.78, 5) is 16.6. The third-order valence-electron chi connectivity index (χ3n) is 3.08. The van der Waals surface area contributed by atoms with Crippen LogP contribution in [0.3, 0.4) is 0 Å². The van der Waals surface area contributed by atoms with Gasteiger partial charge in [-0.2, -0.15) is 5.26 Å². The SMILES string of the molecule is Cc1cccc(CN(C)c2ccc([N+](=O)[O-])c(C#N)c2)n1. The van der Waals surface area contributed by atoms with Crippen molar-refractivity contribution in [2.75, 3.05) is 11.9 Å². The molecule has 0 N–H and O–H groups in total. The van der Waals surface area contributed by atoms with Crippen LogP contribution in [0.25, 0.3) is 0 Å². The molecule has 0 aliphatic carbocycles. The van der Waals surface area contributed by atoms with Gasteiger partial charge in [0.25, 0.3) is 5.69 Å². The van der Waals surface area contributed by atoms with Crippen molar-refractivity contribution in [3.05, 3.63) is 63.5 Å². The molecule has 0 fully saturated rings. The molecule has 1 aromatic heterocycles. The number of nitro benzene ring substituents is 1. The Labute approximate surface area is 122 Å². The van der Waals surface area contributed by atoms with E-state index in [9.17, 15) is 10.1 Å². The van der Waals surface area contributed by atoms with Gasteiger partial charge >= 0.3 is 0 Å². The summed E-state index contributed by atoms with van der Waals surface area (Å²) in [5.74, 6) is 0. The van der Waals surface area contributed by atoms with Gasteiger partial charge in [0.05, 0.1) is 17.2 Å². The number of hydrogen-bond acceptors (Lipinski definition) is 5. The minimum atomic E-state index is -0.551. The molecule has 2 rings (SSSR count). The van der Waals surface area contributed by atoms with Crippen LogP contribution in [0, 0.1) is 28.4 Å². The maximum absolute atomic E-state index is 10.8. The van der Waals surface area contributed by atoms with Crippen molar-refractivity contribution in [2.45, 2.75) is 13.5 Å². The number of rotatable bonds is 4. The number of nitro groups is 1. The minimum absolute atomic E-state index is 0.0570. The van der Waals surface area contributed by atoms with Crippen molar-refractivity contribution in [1.29, 1.82) is 5.26 Å². The molecule has 0 unspecified atom stereocenters. The van der Waals surface area contributed by atoms with Gasteiger partial charge in [-0.05, 0) is 31.2 Å². The highest BCUT2D eigenvalue weighted by molar-refractivity contribution is 5.59. The molecular formula is C15H14N4O2. The number of aromatic nitrogens is 1. The van der Waals surface area contributed by atoms with E-state index in [0.717, 1.165) is 17.1 Å². The highest BCUT2D eigenvalue weighted by atomic mass is 16.6. The first-order valence-corrected chi connectivity index (χ1v) is 6.33. The Kier molecular flexibility index (Phi) is 4.14. The predicted octanol–water partition coefficient (Wildman–Crippen LogP) is 2.81. The average molecular weight is 282 g/mol. The van der Waals surface area contributed by atoms with Crippen molar-refractivity contribution in [3.63, 3.8) is 0 Å². The predicted molar refractivity (Wildman–Crippen MR) is 78.9 cm³/mol. The first-order valence-electron chi connectivity index (χ1n) is 6.33. The minimum Gasteiger partial charge on any atom is -0.369 e. The van der Waals surface area contributed by atoms with Gasteiger partial charge < -0.3 is 4.90 Å². The summed E-state index contributed by atoms with van der Waals surface area (Å²) >= 11 is 0. The van der Waals surface area contributed by atoms with Crippen LogP contribution in [0.1, 0.15) is 17.0 Å². The fourth-order valence-electron chi connectivity index (χ4n) is 2.03. The van der Waals surface area contributed by atoms with Crippen molar-refractivity contribution in [1.82, 2.24) is 4.98 Å². The molecule has 0 bridgehead atoms. The second-order valence-corrected chi connectivity index (χ2v) is 4.70. The summed E-state index contributed by atoms with van der Waals surface area (Å²) in [6.45, 7) is 2.48. The molecular weight excluding hydrogens is 268 g/mol. The second-order valence-electron chi connectivity index (χ2n) is 4.70. The van der Waals surface area contributed by atoms with E-state index in [2.05, 4.69) is 4.98 Å². The van der Waals surface area contributed by atoms with Crippen LogP contribution in [0.2, 0.25) is 0 Å². The smallest absolute Gasteiger partial charge is 0.287 e. The van der Waals surface area contributed by atoms with Crippen molar-refractivity contribution < 1.29 is 4.92 Å². The van der Waals surface area contributed by atoms with Crippen molar-refractivity contribution in [3.8, 4) is 6.07 Å². The van der Waals surface area contributed by atoms with Crippen LogP contribution >= 0.6 is 0 Å². The molecule has 6 heteroatoms. The number of nitriles is 1. The lowest BCUT2D eigenvalue weighted by Gasteiger charge is -2.19. The molecule has 1 aromatic carbocycles. The van der Waals surface area contributed by atoms with E-state index in [1.54, 1.807) is 6.07 Å². The van der Waals surface area contributed by atoms with E-state index in [1.165, 1.54) is 12.1 Å². The lowest BCUT2D eigenvalue weighted by Crippen LogP contribution is -2.17. The maximum Gasteiger partial charge on any atom is 0.287 e. The molecule has 0 radical (unpaired) electrons. The van der Waals surface area contributed by atoms with Gasteiger partial charge in [0.1, 0.15) is 11.6 Å². The van der Waals surface area contributed by atoms with Gasteiger partial charge in [0, 0.05) is 24.5 Å². The fourth-order valence-corrected chi connectivity index (χ4v) is 2.03. The third-order valence-corrected chi connectivity index (χ3v) is 3.08. The Balaban J connectivity index is 2.26. The lowest BCUT2D eigenvalue weighted by molar-refractivity contribution is -0.385. The van der Waals surface area contributed by atoms with Crippen molar-refractivity contribution >= 4 is 11.4 Å². The Morgan fingerprint density at radius 2 is 2.14 bits per heavy atom. The lowest BCUT2D eigenvalue weighted by atomic mass is 10.1. The number of benzene rings is 1. The number of nitrogens with zero attached hydrogens (tertiary/aromatic N) is 4. The van der Waals surface area contributed by atoms with Crippen LogP contribution < -0.4 is 4.90 Å². The Hall–Kier alpha value is -2.94. The molecule has 0 aliphatic heterocycles. The summed E-state index contributed by atoms with van der Waals surface area (Å²) in [6.07, 6.45) is 0. The Bertz CT molecular complexity index is 722. The Morgan fingerprint density at radius 1 is 1.38 bits per heavy atom. The van der Waals surface area contributed by atoms with Crippen LogP contribution in [0.5, 0.6) is 0 Å². The van der Waals surface area contributed by atoms with Gasteiger partial charge in [0.15, 0.2) is 0 Å². The highest BCUT2D eigenvalue weighted by Gasteiger charge is 2.15. The van der Waals surface area contributed by atoms with Crippen LogP contribution in [-0.2, 0) is 6.54 Å². The zero-order valence-corrected chi connectivity index (χ0v) is 11.8. The molecule has 0 saturated carbocycles. The summed E-state index contributed by atoms with van der Waals surface area (Å²) in [5.41, 5.74) is 2.45. The molecule has 0 spiro atoms. The third kappa shape index (κ3) is 3.34. The van der Waals surface area contributed by atoms with E-state index < -0.39 is 4.92 Å². The molecule has 0 saturated heterocycles. The molecule has 0 aliphatic rings. The zero-order valence-electron chi connectivity index (χ0n) is 11.8.